The van der Waals surface area contributed by atoms with Crippen molar-refractivity contribution in [2.24, 2.45) is 0 Å². The van der Waals surface area contributed by atoms with E-state index in [0.29, 0.717) is 23.8 Å². The normalized spacial score (nSPS) is 17.4. The zero-order valence-corrected chi connectivity index (χ0v) is 18.3. The van der Waals surface area contributed by atoms with Crippen LogP contribution in [0.5, 0.6) is 0 Å². The van der Waals surface area contributed by atoms with Crippen LogP contribution in [0.25, 0.3) is 21.8 Å². The fourth-order valence-electron chi connectivity index (χ4n) is 4.13. The van der Waals surface area contributed by atoms with E-state index >= 15 is 0 Å². The fourth-order valence-corrected chi connectivity index (χ4v) is 5.17. The number of ketones is 1. The van der Waals surface area contributed by atoms with Crippen molar-refractivity contribution >= 4 is 32.6 Å². The molecule has 0 unspecified atom stereocenters. The number of pyridine rings is 1. The van der Waals surface area contributed by atoms with Gasteiger partial charge >= 0.3 is 0 Å². The van der Waals surface area contributed by atoms with E-state index in [1.165, 1.54) is 5.56 Å². The molecule has 0 N–H and O–H groups in total. The third-order valence-corrected chi connectivity index (χ3v) is 6.78. The number of hydrogen-bond acceptors (Lipinski definition) is 8. The lowest BCUT2D eigenvalue weighted by molar-refractivity contribution is -0.120. The number of nitrogens with zero attached hydrogens (tertiary/aromatic N) is 5. The predicted octanol–water partition coefficient (Wildman–Crippen LogP) is 4.78. The number of anilines is 1. The number of benzene rings is 1. The Hall–Kier alpha value is -3.13. The van der Waals surface area contributed by atoms with Gasteiger partial charge in [-0.15, -0.1) is 10.2 Å². The maximum Gasteiger partial charge on any atom is 0.249 e. The molecule has 1 fully saturated rings. The van der Waals surface area contributed by atoms with Gasteiger partial charge in [0.2, 0.25) is 11.8 Å². The smallest absolute Gasteiger partial charge is 0.249 e. The Morgan fingerprint density at radius 1 is 1.29 bits per heavy atom. The molecule has 2 atom stereocenters. The number of fused-ring (bicyclic) bond motifs is 1. The van der Waals surface area contributed by atoms with E-state index in [2.05, 4.69) is 39.1 Å². The number of carbonyl (C=O) groups excluding carboxylic acids is 1. The van der Waals surface area contributed by atoms with Crippen LogP contribution in [0.2, 0.25) is 0 Å². The molecule has 0 bridgehead atoms. The third kappa shape index (κ3) is 3.95. The number of Topliss-reactive ketones (excluding diaryl/α,β-unsaturated/α-hetero) is 1. The summed E-state index contributed by atoms with van der Waals surface area (Å²) in [7, 11) is 0. The summed E-state index contributed by atoms with van der Waals surface area (Å²) in [6, 6.07) is 12.1. The van der Waals surface area contributed by atoms with Gasteiger partial charge in [-0.3, -0.25) is 4.79 Å². The van der Waals surface area contributed by atoms with Crippen molar-refractivity contribution in [1.29, 1.82) is 0 Å². The Kier molecular flexibility index (Phi) is 5.23. The van der Waals surface area contributed by atoms with E-state index in [1.54, 1.807) is 24.5 Å². The van der Waals surface area contributed by atoms with E-state index in [-0.39, 0.29) is 17.7 Å². The summed E-state index contributed by atoms with van der Waals surface area (Å²) in [5.74, 6) is 1.45. The molecule has 0 amide bonds. The summed E-state index contributed by atoms with van der Waals surface area (Å²) in [6.45, 7) is 4.72. The molecule has 1 aromatic carbocycles. The number of hydrogen-bond donors (Lipinski definition) is 0. The van der Waals surface area contributed by atoms with E-state index in [4.69, 9.17) is 9.40 Å². The SMILES string of the molecule is Cc1nnc(-c2cnc3nc(N4CCC[C@@H]4C(=O)C[C@H](C)c4ccccc4)sc3c2)o1. The Labute approximate surface area is 184 Å². The van der Waals surface area contributed by atoms with Crippen LogP contribution in [-0.4, -0.2) is 38.5 Å². The van der Waals surface area contributed by atoms with E-state index in [1.807, 2.05) is 24.3 Å². The molecule has 0 radical (unpaired) electrons. The van der Waals surface area contributed by atoms with Crippen molar-refractivity contribution in [3.05, 3.63) is 54.0 Å². The summed E-state index contributed by atoms with van der Waals surface area (Å²) >= 11 is 1.56. The second kappa shape index (κ2) is 8.19. The van der Waals surface area contributed by atoms with Gasteiger partial charge in [-0.25, -0.2) is 4.98 Å². The topological polar surface area (TPSA) is 85.0 Å². The molecule has 8 heteroatoms. The number of rotatable bonds is 6. The molecule has 1 aliphatic rings. The molecule has 4 aromatic rings. The predicted molar refractivity (Wildman–Crippen MR) is 120 cm³/mol. The fraction of sp³-hybridized carbons (Fsp3) is 0.348. The van der Waals surface area contributed by atoms with Gasteiger partial charge in [-0.1, -0.05) is 48.6 Å². The van der Waals surface area contributed by atoms with Crippen molar-refractivity contribution < 1.29 is 9.21 Å². The summed E-state index contributed by atoms with van der Waals surface area (Å²) in [5.41, 5.74) is 2.65. The van der Waals surface area contributed by atoms with Crippen molar-refractivity contribution in [2.75, 3.05) is 11.4 Å². The van der Waals surface area contributed by atoms with Gasteiger partial charge in [-0.2, -0.15) is 4.98 Å². The Morgan fingerprint density at radius 3 is 2.90 bits per heavy atom. The highest BCUT2D eigenvalue weighted by Crippen LogP contribution is 2.35. The monoisotopic (exact) mass is 433 g/mol. The molecule has 5 rings (SSSR count). The van der Waals surface area contributed by atoms with Crippen LogP contribution < -0.4 is 4.90 Å². The van der Waals surface area contributed by atoms with Crippen LogP contribution in [0.15, 0.2) is 47.0 Å². The Morgan fingerprint density at radius 2 is 2.13 bits per heavy atom. The maximum atomic E-state index is 13.2. The first-order chi connectivity index (χ1) is 15.1. The van der Waals surface area contributed by atoms with Gasteiger partial charge in [0.25, 0.3) is 0 Å². The van der Waals surface area contributed by atoms with Crippen LogP contribution in [0, 0.1) is 6.92 Å². The van der Waals surface area contributed by atoms with Crippen LogP contribution >= 0.6 is 11.3 Å². The van der Waals surface area contributed by atoms with Crippen molar-refractivity contribution in [3.63, 3.8) is 0 Å². The number of aryl methyl sites for hydroxylation is 1. The minimum atomic E-state index is -0.121. The largest absolute Gasteiger partial charge is 0.421 e. The lowest BCUT2D eigenvalue weighted by Crippen LogP contribution is -2.36. The second-order valence-corrected chi connectivity index (χ2v) is 9.01. The second-order valence-electron chi connectivity index (χ2n) is 8.00. The molecule has 7 nitrogen and oxygen atoms in total. The summed E-state index contributed by atoms with van der Waals surface area (Å²) in [5, 5.41) is 8.80. The number of aromatic nitrogens is 4. The average Bonchev–Trinajstić information content (AvgIpc) is 3.52. The number of carbonyl (C=O) groups is 1. The van der Waals surface area contributed by atoms with Crippen molar-refractivity contribution in [1.82, 2.24) is 20.2 Å². The summed E-state index contributed by atoms with van der Waals surface area (Å²) in [6.07, 6.45) is 4.10. The Balaban J connectivity index is 1.36. The molecule has 4 heterocycles. The molecule has 0 aliphatic carbocycles. The first-order valence-electron chi connectivity index (χ1n) is 10.5. The van der Waals surface area contributed by atoms with E-state index in [0.717, 1.165) is 34.8 Å². The molecular formula is C23H23N5O2S. The highest BCUT2D eigenvalue weighted by Gasteiger charge is 2.33. The van der Waals surface area contributed by atoms with Gasteiger partial charge in [-0.05, 0) is 30.4 Å². The highest BCUT2D eigenvalue weighted by atomic mass is 32.1. The lowest BCUT2D eigenvalue weighted by atomic mass is 9.93. The molecule has 0 spiro atoms. The maximum absolute atomic E-state index is 13.2. The van der Waals surface area contributed by atoms with Crippen LogP contribution in [-0.2, 0) is 4.79 Å². The molecule has 31 heavy (non-hydrogen) atoms. The minimum Gasteiger partial charge on any atom is -0.421 e. The van der Waals surface area contributed by atoms with Crippen molar-refractivity contribution in [3.8, 4) is 11.5 Å². The molecule has 158 valence electrons. The van der Waals surface area contributed by atoms with Gasteiger partial charge in [0.05, 0.1) is 16.3 Å². The summed E-state index contributed by atoms with van der Waals surface area (Å²) in [4.78, 5) is 24.5. The molecular weight excluding hydrogens is 410 g/mol. The molecule has 0 saturated carbocycles. The standard InChI is InChI=1S/C23H23N5O2S/c1-14(16-7-4-3-5-8-16)11-19(29)18-9-6-10-28(18)23-25-21-20(31-23)12-17(13-24-21)22-27-26-15(2)30-22/h3-5,7-8,12-14,18H,6,9-11H2,1-2H3/t14-,18+/m0/s1. The molecule has 1 saturated heterocycles. The Bertz CT molecular complexity index is 1220. The quantitative estimate of drug-likeness (QED) is 0.432. The lowest BCUT2D eigenvalue weighted by Gasteiger charge is -2.24. The molecule has 3 aromatic heterocycles. The van der Waals surface area contributed by atoms with Gasteiger partial charge in [0, 0.05) is 26.1 Å². The minimum absolute atomic E-state index is 0.121. The van der Waals surface area contributed by atoms with Gasteiger partial charge in [0.15, 0.2) is 16.6 Å². The van der Waals surface area contributed by atoms with Gasteiger partial charge < -0.3 is 9.32 Å². The zero-order chi connectivity index (χ0) is 21.4. The molecule has 1 aliphatic heterocycles. The van der Waals surface area contributed by atoms with E-state index in [9.17, 15) is 4.79 Å². The number of thiazole rings is 1. The first-order valence-corrected chi connectivity index (χ1v) is 11.3. The first kappa shape index (κ1) is 19.8. The van der Waals surface area contributed by atoms with Gasteiger partial charge in [0.1, 0.15) is 0 Å². The zero-order valence-electron chi connectivity index (χ0n) is 17.5. The van der Waals surface area contributed by atoms with Crippen LogP contribution in [0.3, 0.4) is 0 Å². The van der Waals surface area contributed by atoms with Crippen molar-refractivity contribution in [2.45, 2.75) is 45.1 Å². The average molecular weight is 434 g/mol. The van der Waals surface area contributed by atoms with Crippen LogP contribution in [0.1, 0.15) is 43.6 Å². The third-order valence-electron chi connectivity index (χ3n) is 5.75. The summed E-state index contributed by atoms with van der Waals surface area (Å²) < 4.78 is 6.46. The van der Waals surface area contributed by atoms with Crippen LogP contribution in [0.4, 0.5) is 5.13 Å². The highest BCUT2D eigenvalue weighted by molar-refractivity contribution is 7.22. The van der Waals surface area contributed by atoms with E-state index < -0.39 is 0 Å².